The van der Waals surface area contributed by atoms with Gasteiger partial charge in [-0.3, -0.25) is 9.59 Å². The first-order valence-electron chi connectivity index (χ1n) is 13.1. The van der Waals surface area contributed by atoms with Crippen LogP contribution in [-0.2, 0) is 25.5 Å². The van der Waals surface area contributed by atoms with E-state index < -0.39 is 18.1 Å². The van der Waals surface area contributed by atoms with Crippen LogP contribution in [0.25, 0.3) is 0 Å². The maximum Gasteiger partial charge on any atom is 0.323 e. The molecular formula is C30H45NO4. The summed E-state index contributed by atoms with van der Waals surface area (Å²) in [4.78, 5) is 24.1. The molecule has 5 heteroatoms. The monoisotopic (exact) mass is 483 g/mol. The van der Waals surface area contributed by atoms with Crippen molar-refractivity contribution in [3.63, 3.8) is 0 Å². The van der Waals surface area contributed by atoms with Gasteiger partial charge in [-0.25, -0.2) is 0 Å². The summed E-state index contributed by atoms with van der Waals surface area (Å²) in [6, 6.07) is 8.81. The van der Waals surface area contributed by atoms with E-state index in [2.05, 4.69) is 43.4 Å². The highest BCUT2D eigenvalue weighted by molar-refractivity contribution is 5.76. The number of carbonyl (C=O) groups excluding carboxylic acids is 2. The van der Waals surface area contributed by atoms with E-state index in [-0.39, 0.29) is 12.6 Å². The van der Waals surface area contributed by atoms with Gasteiger partial charge in [-0.15, -0.1) is 0 Å². The Kier molecular flexibility index (Phi) is 18.0. The number of esters is 2. The smallest absolute Gasteiger partial charge is 0.323 e. The van der Waals surface area contributed by atoms with Crippen LogP contribution in [-0.4, -0.2) is 30.7 Å². The number of rotatable bonds is 19. The molecule has 5 nitrogen and oxygen atoms in total. The van der Waals surface area contributed by atoms with E-state index in [4.69, 9.17) is 15.2 Å². The predicted molar refractivity (Wildman–Crippen MR) is 144 cm³/mol. The van der Waals surface area contributed by atoms with Crippen LogP contribution in [0, 0.1) is 0 Å². The summed E-state index contributed by atoms with van der Waals surface area (Å²) in [6.45, 7) is 3.95. The van der Waals surface area contributed by atoms with E-state index in [0.717, 1.165) is 37.7 Å². The average Bonchev–Trinajstić information content (AvgIpc) is 2.85. The molecule has 0 aliphatic carbocycles. The predicted octanol–water partition coefficient (Wildman–Crippen LogP) is 6.62. The highest BCUT2D eigenvalue weighted by atomic mass is 16.6. The molecule has 2 atom stereocenters. The number of hydrogen-bond acceptors (Lipinski definition) is 5. The molecule has 35 heavy (non-hydrogen) atoms. The first-order valence-corrected chi connectivity index (χ1v) is 13.1. The minimum atomic E-state index is -0.735. The molecule has 0 heterocycles. The molecule has 2 N–H and O–H groups in total. The number of carbonyl (C=O) groups is 2. The van der Waals surface area contributed by atoms with Crippen molar-refractivity contribution in [2.45, 2.75) is 96.6 Å². The summed E-state index contributed by atoms with van der Waals surface area (Å²) in [7, 11) is 0. The lowest BCUT2D eigenvalue weighted by Gasteiger charge is -2.16. The third-order valence-electron chi connectivity index (χ3n) is 5.41. The molecule has 1 aromatic rings. The molecule has 0 radical (unpaired) electrons. The van der Waals surface area contributed by atoms with Crippen molar-refractivity contribution in [3.8, 4) is 0 Å². The van der Waals surface area contributed by atoms with Crippen molar-refractivity contribution in [2.24, 2.45) is 5.73 Å². The second-order valence-corrected chi connectivity index (χ2v) is 8.85. The van der Waals surface area contributed by atoms with Gasteiger partial charge >= 0.3 is 11.9 Å². The second-order valence-electron chi connectivity index (χ2n) is 8.85. The lowest BCUT2D eigenvalue weighted by Crippen LogP contribution is -2.36. The fourth-order valence-corrected chi connectivity index (χ4v) is 3.40. The second kappa shape index (κ2) is 20.7. The van der Waals surface area contributed by atoms with Gasteiger partial charge < -0.3 is 15.2 Å². The lowest BCUT2D eigenvalue weighted by atomic mass is 10.1. The van der Waals surface area contributed by atoms with Gasteiger partial charge in [0.05, 0.1) is 0 Å². The molecular weight excluding hydrogens is 438 g/mol. The van der Waals surface area contributed by atoms with Gasteiger partial charge in [0, 0.05) is 6.42 Å². The Morgan fingerprint density at radius 3 is 2.11 bits per heavy atom. The van der Waals surface area contributed by atoms with Crippen molar-refractivity contribution in [2.75, 3.05) is 6.61 Å². The molecule has 0 aliphatic rings. The molecule has 194 valence electrons. The maximum absolute atomic E-state index is 12.1. The summed E-state index contributed by atoms with van der Waals surface area (Å²) in [5.74, 6) is -0.756. The van der Waals surface area contributed by atoms with E-state index >= 15 is 0 Å². The number of allylic oxidation sites excluding steroid dienone is 6. The zero-order valence-corrected chi connectivity index (χ0v) is 21.7. The summed E-state index contributed by atoms with van der Waals surface area (Å²) >= 11 is 0. The standard InChI is InChI=1S/C30H45NO4/c1-3-4-5-6-7-8-9-10-11-12-13-14-15-16-20-23-29(32)35-26(2)25-34-30(33)28(31)24-27-21-18-17-19-22-27/h7-8,10-11,13-14,17-19,21-22,26,28H,3-6,9,12,15-16,20,23-25,31H2,1-2H3/b8-7-,11-10-,14-13-. The number of benzene rings is 1. The zero-order valence-electron chi connectivity index (χ0n) is 21.7. The van der Waals surface area contributed by atoms with Crippen LogP contribution in [0.5, 0.6) is 0 Å². The average molecular weight is 484 g/mol. The highest BCUT2D eigenvalue weighted by Crippen LogP contribution is 2.07. The molecule has 0 bridgehead atoms. The van der Waals surface area contributed by atoms with Crippen LogP contribution < -0.4 is 5.73 Å². The van der Waals surface area contributed by atoms with Crippen molar-refractivity contribution in [3.05, 3.63) is 72.4 Å². The van der Waals surface area contributed by atoms with Crippen LogP contribution >= 0.6 is 0 Å². The van der Waals surface area contributed by atoms with Gasteiger partial charge in [0.15, 0.2) is 0 Å². The van der Waals surface area contributed by atoms with Crippen molar-refractivity contribution in [1.29, 1.82) is 0 Å². The molecule has 0 amide bonds. The summed E-state index contributed by atoms with van der Waals surface area (Å²) in [6.07, 6.45) is 23.2. The molecule has 0 fully saturated rings. The SMILES string of the molecule is CCCCC/C=C\C/C=C\C/C=C\CCCCC(=O)OC(C)COC(=O)C(N)Cc1ccccc1. The van der Waals surface area contributed by atoms with Gasteiger partial charge in [0.1, 0.15) is 18.8 Å². The first-order chi connectivity index (χ1) is 17.0. The van der Waals surface area contributed by atoms with Crippen molar-refractivity contribution in [1.82, 2.24) is 0 Å². The normalized spacial score (nSPS) is 13.5. The molecule has 2 unspecified atom stereocenters. The maximum atomic E-state index is 12.1. The largest absolute Gasteiger partial charge is 0.461 e. The Bertz CT molecular complexity index is 770. The van der Waals surface area contributed by atoms with Crippen LogP contribution in [0.2, 0.25) is 0 Å². The van der Waals surface area contributed by atoms with E-state index in [1.165, 1.54) is 25.7 Å². The third kappa shape index (κ3) is 17.4. The molecule has 0 saturated carbocycles. The summed E-state index contributed by atoms with van der Waals surface area (Å²) in [5, 5.41) is 0. The van der Waals surface area contributed by atoms with E-state index in [1.807, 2.05) is 30.3 Å². The fourth-order valence-electron chi connectivity index (χ4n) is 3.40. The van der Waals surface area contributed by atoms with E-state index in [0.29, 0.717) is 12.8 Å². The minimum Gasteiger partial charge on any atom is -0.461 e. The lowest BCUT2D eigenvalue weighted by molar-refractivity contribution is -0.158. The van der Waals surface area contributed by atoms with Crippen LogP contribution in [0.4, 0.5) is 0 Å². The quantitative estimate of drug-likeness (QED) is 0.136. The first kappa shape index (κ1) is 30.4. The van der Waals surface area contributed by atoms with Gasteiger partial charge in [-0.2, -0.15) is 0 Å². The Labute approximate surface area is 212 Å². The Balaban J connectivity index is 2.03. The van der Waals surface area contributed by atoms with E-state index in [9.17, 15) is 9.59 Å². The van der Waals surface area contributed by atoms with Gasteiger partial charge in [-0.05, 0) is 63.9 Å². The third-order valence-corrected chi connectivity index (χ3v) is 5.41. The summed E-state index contributed by atoms with van der Waals surface area (Å²) in [5.41, 5.74) is 6.89. The zero-order chi connectivity index (χ0) is 25.6. The topological polar surface area (TPSA) is 78.6 Å². The van der Waals surface area contributed by atoms with Gasteiger partial charge in [0.2, 0.25) is 0 Å². The van der Waals surface area contributed by atoms with Crippen molar-refractivity contribution >= 4 is 11.9 Å². The molecule has 0 aliphatic heterocycles. The summed E-state index contributed by atoms with van der Waals surface area (Å²) < 4.78 is 10.5. The Hall–Kier alpha value is -2.66. The number of ether oxygens (including phenoxy) is 2. The molecule has 1 rings (SSSR count). The fraction of sp³-hybridized carbons (Fsp3) is 0.533. The Morgan fingerprint density at radius 1 is 0.886 bits per heavy atom. The van der Waals surface area contributed by atoms with E-state index in [1.54, 1.807) is 6.92 Å². The van der Waals surface area contributed by atoms with Crippen LogP contribution in [0.1, 0.15) is 83.6 Å². The molecule has 0 saturated heterocycles. The van der Waals surface area contributed by atoms with Crippen LogP contribution in [0.15, 0.2) is 66.8 Å². The van der Waals surface area contributed by atoms with Gasteiger partial charge in [-0.1, -0.05) is 86.6 Å². The Morgan fingerprint density at radius 2 is 1.49 bits per heavy atom. The molecule has 1 aromatic carbocycles. The number of unbranched alkanes of at least 4 members (excludes halogenated alkanes) is 5. The number of hydrogen-bond donors (Lipinski definition) is 1. The van der Waals surface area contributed by atoms with Crippen molar-refractivity contribution < 1.29 is 19.1 Å². The highest BCUT2D eigenvalue weighted by Gasteiger charge is 2.18. The van der Waals surface area contributed by atoms with Gasteiger partial charge in [0.25, 0.3) is 0 Å². The molecule has 0 aromatic heterocycles. The minimum absolute atomic E-state index is 0.0119. The van der Waals surface area contributed by atoms with Crippen LogP contribution in [0.3, 0.4) is 0 Å². The molecule has 0 spiro atoms. The number of nitrogens with two attached hydrogens (primary N) is 1.